The van der Waals surface area contributed by atoms with Gasteiger partial charge in [-0.25, -0.2) is 0 Å². The summed E-state index contributed by atoms with van der Waals surface area (Å²) in [6.07, 6.45) is 1.16. The molecule has 3 aromatic rings. The highest BCUT2D eigenvalue weighted by Crippen LogP contribution is 2.32. The van der Waals surface area contributed by atoms with E-state index in [1.807, 2.05) is 19.2 Å². The third-order valence-corrected chi connectivity index (χ3v) is 4.28. The van der Waals surface area contributed by atoms with Gasteiger partial charge in [0.15, 0.2) is 0 Å². The first kappa shape index (κ1) is 13.2. The molecule has 0 fully saturated rings. The van der Waals surface area contributed by atoms with Gasteiger partial charge in [-0.1, -0.05) is 44.5 Å². The molecule has 0 bridgehead atoms. The molecule has 0 aliphatic rings. The summed E-state index contributed by atoms with van der Waals surface area (Å²) in [6, 6.07) is 15.2. The van der Waals surface area contributed by atoms with Crippen molar-refractivity contribution in [3.8, 4) is 0 Å². The monoisotopic (exact) mass is 267 g/mol. The molecule has 2 nitrogen and oxygen atoms in total. The van der Waals surface area contributed by atoms with E-state index in [9.17, 15) is 0 Å². The molecule has 2 atom stereocenters. The highest BCUT2D eigenvalue weighted by Gasteiger charge is 2.17. The molecule has 3 rings (SSSR count). The van der Waals surface area contributed by atoms with Gasteiger partial charge in [-0.15, -0.1) is 0 Å². The second-order valence-corrected chi connectivity index (χ2v) is 5.51. The van der Waals surface area contributed by atoms with Gasteiger partial charge in [-0.05, 0) is 36.7 Å². The summed E-state index contributed by atoms with van der Waals surface area (Å²) in [5.41, 5.74) is 3.26. The highest BCUT2D eigenvalue weighted by molar-refractivity contribution is 6.05. The molecule has 0 amide bonds. The molecule has 0 aliphatic carbocycles. The van der Waals surface area contributed by atoms with Crippen molar-refractivity contribution >= 4 is 21.9 Å². The number of fused-ring (bicyclic) bond motifs is 3. The van der Waals surface area contributed by atoms with Crippen LogP contribution < -0.4 is 5.32 Å². The molecule has 0 saturated carbocycles. The largest absolute Gasteiger partial charge is 0.456 e. The number of nitrogens with one attached hydrogen (secondary N) is 1. The number of hydrogen-bond acceptors (Lipinski definition) is 2. The van der Waals surface area contributed by atoms with Crippen molar-refractivity contribution in [3.05, 3.63) is 48.0 Å². The minimum absolute atomic E-state index is 0.387. The Balaban J connectivity index is 2.16. The van der Waals surface area contributed by atoms with Crippen LogP contribution in [0.5, 0.6) is 0 Å². The molecular formula is C18H21NO. The summed E-state index contributed by atoms with van der Waals surface area (Å²) < 4.78 is 5.89. The van der Waals surface area contributed by atoms with Crippen molar-refractivity contribution in [2.45, 2.75) is 26.3 Å². The van der Waals surface area contributed by atoms with Crippen LogP contribution in [0.2, 0.25) is 0 Å². The van der Waals surface area contributed by atoms with Crippen LogP contribution in [-0.2, 0) is 0 Å². The van der Waals surface area contributed by atoms with Crippen molar-refractivity contribution in [1.29, 1.82) is 0 Å². The molecule has 0 saturated heterocycles. The van der Waals surface area contributed by atoms with Gasteiger partial charge in [0.2, 0.25) is 0 Å². The Morgan fingerprint density at radius 3 is 2.55 bits per heavy atom. The van der Waals surface area contributed by atoms with E-state index in [1.54, 1.807) is 0 Å². The number of para-hydroxylation sites is 1. The molecule has 1 aromatic heterocycles. The van der Waals surface area contributed by atoms with Gasteiger partial charge in [0, 0.05) is 16.8 Å². The average Bonchev–Trinajstić information content (AvgIpc) is 2.86. The molecule has 1 heterocycles. The Morgan fingerprint density at radius 1 is 1.05 bits per heavy atom. The molecule has 2 unspecified atom stereocenters. The maximum absolute atomic E-state index is 5.89. The average molecular weight is 267 g/mol. The van der Waals surface area contributed by atoms with Crippen LogP contribution in [0.25, 0.3) is 21.9 Å². The second-order valence-electron chi connectivity index (χ2n) is 5.51. The molecule has 104 valence electrons. The molecule has 0 aliphatic heterocycles. The number of rotatable bonds is 4. The minimum Gasteiger partial charge on any atom is -0.456 e. The Morgan fingerprint density at radius 2 is 1.80 bits per heavy atom. The lowest BCUT2D eigenvalue weighted by atomic mass is 9.92. The van der Waals surface area contributed by atoms with Crippen LogP contribution in [0.15, 0.2) is 46.9 Å². The number of furan rings is 1. The van der Waals surface area contributed by atoms with Crippen molar-refractivity contribution in [1.82, 2.24) is 5.32 Å². The molecule has 1 N–H and O–H groups in total. The zero-order valence-electron chi connectivity index (χ0n) is 12.3. The van der Waals surface area contributed by atoms with Crippen molar-refractivity contribution in [2.75, 3.05) is 7.05 Å². The topological polar surface area (TPSA) is 25.2 Å². The number of hydrogen-bond donors (Lipinski definition) is 1. The van der Waals surface area contributed by atoms with E-state index in [0.717, 1.165) is 17.6 Å². The van der Waals surface area contributed by atoms with Gasteiger partial charge in [0.05, 0.1) is 0 Å². The fourth-order valence-electron chi connectivity index (χ4n) is 2.95. The molecule has 2 aromatic carbocycles. The fraction of sp³-hybridized carbons (Fsp3) is 0.333. The summed E-state index contributed by atoms with van der Waals surface area (Å²) in [5.74, 6) is 0.607. The molecule has 0 spiro atoms. The van der Waals surface area contributed by atoms with Crippen LogP contribution in [0, 0.1) is 5.92 Å². The lowest BCUT2D eigenvalue weighted by Gasteiger charge is -2.23. The summed E-state index contributed by atoms with van der Waals surface area (Å²) in [6.45, 7) is 4.53. The van der Waals surface area contributed by atoms with Crippen molar-refractivity contribution in [2.24, 2.45) is 5.92 Å². The van der Waals surface area contributed by atoms with Crippen molar-refractivity contribution in [3.63, 3.8) is 0 Å². The summed E-state index contributed by atoms with van der Waals surface area (Å²) >= 11 is 0. The molecule has 2 heteroatoms. The van der Waals surface area contributed by atoms with Gasteiger partial charge in [-0.2, -0.15) is 0 Å². The van der Waals surface area contributed by atoms with Crippen LogP contribution >= 0.6 is 0 Å². The van der Waals surface area contributed by atoms with E-state index in [2.05, 4.69) is 49.5 Å². The van der Waals surface area contributed by atoms with Crippen molar-refractivity contribution < 1.29 is 4.42 Å². The minimum atomic E-state index is 0.387. The normalized spacial score (nSPS) is 14.8. The predicted molar refractivity (Wildman–Crippen MR) is 85.0 cm³/mol. The summed E-state index contributed by atoms with van der Waals surface area (Å²) in [7, 11) is 2.04. The second kappa shape index (κ2) is 5.29. The van der Waals surface area contributed by atoms with Crippen LogP contribution in [0.1, 0.15) is 31.9 Å². The lowest BCUT2D eigenvalue weighted by Crippen LogP contribution is -2.22. The SMILES string of the molecule is CCC(C)C(NC)c1ccc2oc3ccccc3c2c1. The quantitative estimate of drug-likeness (QED) is 0.728. The van der Waals surface area contributed by atoms with Gasteiger partial charge in [-0.3, -0.25) is 0 Å². The van der Waals surface area contributed by atoms with Gasteiger partial charge in [0.25, 0.3) is 0 Å². The smallest absolute Gasteiger partial charge is 0.135 e. The van der Waals surface area contributed by atoms with Crippen LogP contribution in [0.3, 0.4) is 0 Å². The summed E-state index contributed by atoms with van der Waals surface area (Å²) in [4.78, 5) is 0. The van der Waals surface area contributed by atoms with Crippen LogP contribution in [0.4, 0.5) is 0 Å². The Kier molecular flexibility index (Phi) is 3.49. The highest BCUT2D eigenvalue weighted by atomic mass is 16.3. The first-order valence-corrected chi connectivity index (χ1v) is 7.33. The Labute approximate surface area is 119 Å². The first-order chi connectivity index (χ1) is 9.74. The summed E-state index contributed by atoms with van der Waals surface area (Å²) in [5, 5.41) is 5.85. The Bertz CT molecular complexity index is 728. The van der Waals surface area contributed by atoms with Gasteiger partial charge >= 0.3 is 0 Å². The number of benzene rings is 2. The standard InChI is InChI=1S/C18H21NO/c1-4-12(2)18(19-3)13-9-10-17-15(11-13)14-7-5-6-8-16(14)20-17/h5-12,18-19H,4H2,1-3H3. The maximum atomic E-state index is 5.89. The van der Waals surface area contributed by atoms with Gasteiger partial charge < -0.3 is 9.73 Å². The van der Waals surface area contributed by atoms with Crippen LogP contribution in [-0.4, -0.2) is 7.05 Å². The zero-order chi connectivity index (χ0) is 14.1. The predicted octanol–water partition coefficient (Wildman–Crippen LogP) is 4.89. The zero-order valence-corrected chi connectivity index (χ0v) is 12.3. The van der Waals surface area contributed by atoms with Gasteiger partial charge in [0.1, 0.15) is 11.2 Å². The van der Waals surface area contributed by atoms with E-state index < -0.39 is 0 Å². The fourth-order valence-corrected chi connectivity index (χ4v) is 2.95. The van der Waals surface area contributed by atoms with E-state index in [4.69, 9.17) is 4.42 Å². The van der Waals surface area contributed by atoms with E-state index >= 15 is 0 Å². The third-order valence-electron chi connectivity index (χ3n) is 4.28. The lowest BCUT2D eigenvalue weighted by molar-refractivity contribution is 0.401. The molecule has 0 radical (unpaired) electrons. The van der Waals surface area contributed by atoms with E-state index in [0.29, 0.717) is 12.0 Å². The maximum Gasteiger partial charge on any atom is 0.135 e. The van der Waals surface area contributed by atoms with E-state index in [-0.39, 0.29) is 0 Å². The first-order valence-electron chi connectivity index (χ1n) is 7.33. The molecule has 20 heavy (non-hydrogen) atoms. The molecular weight excluding hydrogens is 246 g/mol. The third kappa shape index (κ3) is 2.10. The van der Waals surface area contributed by atoms with E-state index in [1.165, 1.54) is 16.3 Å². The Hall–Kier alpha value is -1.80.